The summed E-state index contributed by atoms with van der Waals surface area (Å²) in [6.07, 6.45) is 1.69. The lowest BCUT2D eigenvalue weighted by molar-refractivity contribution is -0.129. The van der Waals surface area contributed by atoms with Crippen LogP contribution in [0.2, 0.25) is 0 Å². The quantitative estimate of drug-likeness (QED) is 0.445. The number of hydrogen-bond donors (Lipinski definition) is 0. The van der Waals surface area contributed by atoms with Crippen molar-refractivity contribution in [1.29, 1.82) is 0 Å². The SMILES string of the molecule is COc1cccc(/C=C2/N=C(c3cccc(I)c3)OC2=O)c1. The zero-order valence-corrected chi connectivity index (χ0v) is 13.9. The smallest absolute Gasteiger partial charge is 0.363 e. The van der Waals surface area contributed by atoms with Crippen LogP contribution in [0.1, 0.15) is 11.1 Å². The molecule has 0 N–H and O–H groups in total. The maximum atomic E-state index is 12.0. The number of benzene rings is 2. The summed E-state index contributed by atoms with van der Waals surface area (Å²) >= 11 is 2.20. The third-order valence-corrected chi connectivity index (χ3v) is 3.76. The number of esters is 1. The molecule has 0 fully saturated rings. The van der Waals surface area contributed by atoms with Gasteiger partial charge in [0.25, 0.3) is 0 Å². The van der Waals surface area contributed by atoms with E-state index in [0.29, 0.717) is 5.90 Å². The zero-order chi connectivity index (χ0) is 15.5. The van der Waals surface area contributed by atoms with Crippen LogP contribution >= 0.6 is 22.6 Å². The van der Waals surface area contributed by atoms with Crippen LogP contribution in [0.25, 0.3) is 6.08 Å². The molecular weight excluding hydrogens is 393 g/mol. The van der Waals surface area contributed by atoms with Gasteiger partial charge < -0.3 is 9.47 Å². The first-order chi connectivity index (χ1) is 10.7. The molecule has 110 valence electrons. The van der Waals surface area contributed by atoms with E-state index in [0.717, 1.165) is 20.4 Å². The van der Waals surface area contributed by atoms with E-state index in [1.807, 2.05) is 48.5 Å². The van der Waals surface area contributed by atoms with Crippen LogP contribution in [-0.2, 0) is 9.53 Å². The molecule has 0 unspecified atom stereocenters. The molecule has 0 aromatic heterocycles. The summed E-state index contributed by atoms with van der Waals surface area (Å²) in [6.45, 7) is 0. The molecule has 0 saturated heterocycles. The first-order valence-corrected chi connectivity index (χ1v) is 7.66. The van der Waals surface area contributed by atoms with Gasteiger partial charge >= 0.3 is 5.97 Å². The maximum Gasteiger partial charge on any atom is 0.363 e. The Morgan fingerprint density at radius 3 is 2.77 bits per heavy atom. The van der Waals surface area contributed by atoms with E-state index in [2.05, 4.69) is 27.6 Å². The lowest BCUT2D eigenvalue weighted by Gasteiger charge is -2.00. The Labute approximate surface area is 141 Å². The molecule has 3 rings (SSSR count). The maximum absolute atomic E-state index is 12.0. The second-order valence-electron chi connectivity index (χ2n) is 4.62. The molecule has 0 atom stereocenters. The van der Waals surface area contributed by atoms with Crippen molar-refractivity contribution in [2.45, 2.75) is 0 Å². The minimum Gasteiger partial charge on any atom is -0.497 e. The molecule has 0 spiro atoms. The normalized spacial score (nSPS) is 15.6. The first-order valence-electron chi connectivity index (χ1n) is 6.58. The van der Waals surface area contributed by atoms with Crippen molar-refractivity contribution in [3.8, 4) is 5.75 Å². The number of cyclic esters (lactones) is 1. The number of methoxy groups -OCH3 is 1. The number of carbonyl (C=O) groups is 1. The lowest BCUT2D eigenvalue weighted by Crippen LogP contribution is -2.05. The molecule has 2 aromatic carbocycles. The van der Waals surface area contributed by atoms with Gasteiger partial charge in [0.1, 0.15) is 5.75 Å². The number of aliphatic imine (C=N–C) groups is 1. The molecule has 2 aromatic rings. The third kappa shape index (κ3) is 3.19. The van der Waals surface area contributed by atoms with Crippen LogP contribution in [0.5, 0.6) is 5.75 Å². The Morgan fingerprint density at radius 2 is 2.00 bits per heavy atom. The van der Waals surface area contributed by atoms with Crippen molar-refractivity contribution in [3.63, 3.8) is 0 Å². The highest BCUT2D eigenvalue weighted by molar-refractivity contribution is 14.1. The van der Waals surface area contributed by atoms with Gasteiger partial charge in [0.2, 0.25) is 5.90 Å². The number of carbonyl (C=O) groups excluding carboxylic acids is 1. The predicted molar refractivity (Wildman–Crippen MR) is 92.8 cm³/mol. The van der Waals surface area contributed by atoms with E-state index in [9.17, 15) is 4.79 Å². The van der Waals surface area contributed by atoms with Gasteiger partial charge in [-0.1, -0.05) is 18.2 Å². The average Bonchev–Trinajstić information content (AvgIpc) is 2.89. The van der Waals surface area contributed by atoms with Gasteiger partial charge in [-0.2, -0.15) is 0 Å². The van der Waals surface area contributed by atoms with Gasteiger partial charge in [0.15, 0.2) is 5.70 Å². The number of halogens is 1. The van der Waals surface area contributed by atoms with Crippen molar-refractivity contribution in [1.82, 2.24) is 0 Å². The van der Waals surface area contributed by atoms with Crippen molar-refractivity contribution >= 4 is 40.5 Å². The van der Waals surface area contributed by atoms with Crippen LogP contribution in [0.4, 0.5) is 0 Å². The molecule has 22 heavy (non-hydrogen) atoms. The second kappa shape index (κ2) is 6.31. The first kappa shape index (κ1) is 14.8. The minimum absolute atomic E-state index is 0.280. The Hall–Kier alpha value is -2.15. The van der Waals surface area contributed by atoms with Crippen molar-refractivity contribution in [2.24, 2.45) is 4.99 Å². The number of hydrogen-bond acceptors (Lipinski definition) is 4. The number of nitrogens with zero attached hydrogens (tertiary/aromatic N) is 1. The molecule has 0 saturated carbocycles. The Bertz CT molecular complexity index is 796. The Balaban J connectivity index is 1.94. The van der Waals surface area contributed by atoms with E-state index < -0.39 is 5.97 Å². The van der Waals surface area contributed by atoms with E-state index in [-0.39, 0.29) is 5.70 Å². The standard InChI is InChI=1S/C17H12INO3/c1-21-14-7-2-4-11(8-14)9-15-17(20)22-16(19-15)12-5-3-6-13(18)10-12/h2-10H,1H3/b15-9+. The average molecular weight is 405 g/mol. The van der Waals surface area contributed by atoms with Gasteiger partial charge in [-0.05, 0) is 64.6 Å². The summed E-state index contributed by atoms with van der Waals surface area (Å²) in [5.41, 5.74) is 1.90. The molecular formula is C17H12INO3. The fraction of sp³-hybridized carbons (Fsp3) is 0.0588. The molecule has 1 aliphatic rings. The van der Waals surface area contributed by atoms with Gasteiger partial charge in [-0.15, -0.1) is 0 Å². The fourth-order valence-electron chi connectivity index (χ4n) is 2.04. The highest BCUT2D eigenvalue weighted by Gasteiger charge is 2.24. The highest BCUT2D eigenvalue weighted by atomic mass is 127. The molecule has 1 aliphatic heterocycles. The van der Waals surface area contributed by atoms with Crippen LogP contribution < -0.4 is 4.74 Å². The van der Waals surface area contributed by atoms with Gasteiger partial charge in [0.05, 0.1) is 7.11 Å². The Morgan fingerprint density at radius 1 is 1.18 bits per heavy atom. The summed E-state index contributed by atoms with van der Waals surface area (Å²) in [6, 6.07) is 15.1. The molecule has 4 nitrogen and oxygen atoms in total. The Kier molecular flexibility index (Phi) is 4.24. The van der Waals surface area contributed by atoms with E-state index in [4.69, 9.17) is 9.47 Å². The van der Waals surface area contributed by atoms with Gasteiger partial charge in [-0.3, -0.25) is 0 Å². The van der Waals surface area contributed by atoms with Crippen LogP contribution in [0, 0.1) is 3.57 Å². The van der Waals surface area contributed by atoms with E-state index >= 15 is 0 Å². The number of ether oxygens (including phenoxy) is 2. The summed E-state index contributed by atoms with van der Waals surface area (Å²) < 4.78 is 11.5. The van der Waals surface area contributed by atoms with E-state index in [1.165, 1.54) is 0 Å². The number of rotatable bonds is 3. The van der Waals surface area contributed by atoms with Gasteiger partial charge in [0, 0.05) is 9.13 Å². The predicted octanol–water partition coefficient (Wildman–Crippen LogP) is 3.64. The van der Waals surface area contributed by atoms with Crippen molar-refractivity contribution < 1.29 is 14.3 Å². The van der Waals surface area contributed by atoms with Crippen LogP contribution in [-0.4, -0.2) is 19.0 Å². The second-order valence-corrected chi connectivity index (χ2v) is 5.87. The topological polar surface area (TPSA) is 47.9 Å². The van der Waals surface area contributed by atoms with Crippen molar-refractivity contribution in [2.75, 3.05) is 7.11 Å². The molecule has 0 radical (unpaired) electrons. The molecule has 5 heteroatoms. The lowest BCUT2D eigenvalue weighted by atomic mass is 10.2. The summed E-state index contributed by atoms with van der Waals surface area (Å²) in [5, 5.41) is 0. The minimum atomic E-state index is -0.448. The monoisotopic (exact) mass is 405 g/mol. The largest absolute Gasteiger partial charge is 0.497 e. The van der Waals surface area contributed by atoms with Crippen LogP contribution in [0.3, 0.4) is 0 Å². The highest BCUT2D eigenvalue weighted by Crippen LogP contribution is 2.21. The molecule has 1 heterocycles. The third-order valence-electron chi connectivity index (χ3n) is 3.09. The fourth-order valence-corrected chi connectivity index (χ4v) is 2.59. The summed E-state index contributed by atoms with van der Waals surface area (Å²) in [5.74, 6) is 0.608. The summed E-state index contributed by atoms with van der Waals surface area (Å²) in [4.78, 5) is 16.3. The molecule has 0 aliphatic carbocycles. The van der Waals surface area contributed by atoms with Crippen LogP contribution in [0.15, 0.2) is 59.2 Å². The van der Waals surface area contributed by atoms with E-state index in [1.54, 1.807) is 13.2 Å². The molecule has 0 amide bonds. The zero-order valence-electron chi connectivity index (χ0n) is 11.7. The molecule has 0 bridgehead atoms. The summed E-state index contributed by atoms with van der Waals surface area (Å²) in [7, 11) is 1.60. The van der Waals surface area contributed by atoms with Gasteiger partial charge in [-0.25, -0.2) is 9.79 Å². The van der Waals surface area contributed by atoms with Crippen molar-refractivity contribution in [3.05, 3.63) is 68.9 Å².